The lowest BCUT2D eigenvalue weighted by atomic mass is 9.83. The van der Waals surface area contributed by atoms with E-state index < -0.39 is 17.5 Å². The molecule has 4 fully saturated rings. The normalized spacial score (nSPS) is 28.8. The maximum absolute atomic E-state index is 14.4. The minimum Gasteiger partial charge on any atom is -0.464 e. The molecule has 1 aromatic carbocycles. The van der Waals surface area contributed by atoms with E-state index in [9.17, 15) is 14.4 Å². The van der Waals surface area contributed by atoms with Crippen LogP contribution in [0.1, 0.15) is 101 Å². The van der Waals surface area contributed by atoms with Gasteiger partial charge in [0, 0.05) is 71.6 Å². The van der Waals surface area contributed by atoms with Gasteiger partial charge in [-0.3, -0.25) is 24.4 Å². The molecule has 2 saturated carbocycles. The molecule has 6 bridgehead atoms. The predicted molar refractivity (Wildman–Crippen MR) is 233 cm³/mol. The van der Waals surface area contributed by atoms with E-state index in [1.54, 1.807) is 12.1 Å². The Morgan fingerprint density at radius 2 is 1.93 bits per heavy atom. The van der Waals surface area contributed by atoms with Gasteiger partial charge in [0.1, 0.15) is 12.1 Å². The number of aromatic nitrogens is 3. The molecule has 4 aromatic rings. The van der Waals surface area contributed by atoms with Crippen LogP contribution in [0.25, 0.3) is 33.4 Å². The maximum atomic E-state index is 14.4. The van der Waals surface area contributed by atoms with E-state index in [1.165, 1.54) is 22.5 Å². The van der Waals surface area contributed by atoms with E-state index in [0.717, 1.165) is 89.4 Å². The van der Waals surface area contributed by atoms with Gasteiger partial charge in [-0.05, 0) is 119 Å². The van der Waals surface area contributed by atoms with Crippen LogP contribution in [0.4, 0.5) is 0 Å². The van der Waals surface area contributed by atoms with Crippen LogP contribution < -0.4 is 10.7 Å². The van der Waals surface area contributed by atoms with Gasteiger partial charge in [0.25, 0.3) is 5.91 Å². The van der Waals surface area contributed by atoms with E-state index in [2.05, 4.69) is 105 Å². The molecule has 6 heterocycles. The first-order chi connectivity index (χ1) is 28.7. The summed E-state index contributed by atoms with van der Waals surface area (Å²) in [6.07, 6.45) is 6.53. The Kier molecular flexibility index (Phi) is 10.7. The molecule has 60 heavy (non-hydrogen) atoms. The monoisotopic (exact) mass is 835 g/mol. The summed E-state index contributed by atoms with van der Waals surface area (Å²) in [7, 11) is 3.94. The Hall–Kier alpha value is -4.17. The molecule has 5 aliphatic rings. The van der Waals surface area contributed by atoms with E-state index >= 15 is 0 Å². The average Bonchev–Trinajstić information content (AvgIpc) is 4.04. The number of nitrogens with zero attached hydrogens (tertiary/aromatic N) is 5. The molecule has 0 unspecified atom stereocenters. The highest BCUT2D eigenvalue weighted by atomic mass is 32.1. The van der Waals surface area contributed by atoms with E-state index in [4.69, 9.17) is 19.4 Å². The molecule has 2 amide bonds. The van der Waals surface area contributed by atoms with Gasteiger partial charge in [0.15, 0.2) is 0 Å². The molecule has 0 radical (unpaired) electrons. The number of hydrogen-bond donors (Lipinski definition) is 2. The zero-order chi connectivity index (χ0) is 42.2. The van der Waals surface area contributed by atoms with Crippen molar-refractivity contribution in [3.8, 4) is 22.5 Å². The second-order valence-electron chi connectivity index (χ2n) is 19.6. The van der Waals surface area contributed by atoms with Gasteiger partial charge in [-0.25, -0.2) is 10.4 Å². The first-order valence-corrected chi connectivity index (χ1v) is 22.9. The van der Waals surface area contributed by atoms with Gasteiger partial charge in [-0.2, -0.15) is 0 Å². The molecule has 2 N–H and O–H groups in total. The topological polar surface area (TPSA) is 131 Å². The number of methoxy groups -OCH3 is 1. The number of thiazole rings is 1. The number of nitrogens with one attached hydrogen (secondary N) is 2. The number of benzene rings is 1. The summed E-state index contributed by atoms with van der Waals surface area (Å²) >= 11 is 1.51. The predicted octanol–water partition coefficient (Wildman–Crippen LogP) is 6.91. The van der Waals surface area contributed by atoms with Crippen LogP contribution in [0, 0.1) is 28.6 Å². The number of hydrazine groups is 1. The highest BCUT2D eigenvalue weighted by Crippen LogP contribution is 2.57. The number of likely N-dealkylation sites (tertiary alicyclic amines) is 1. The highest BCUT2D eigenvalue weighted by Gasteiger charge is 2.61. The van der Waals surface area contributed by atoms with Crippen LogP contribution in [0.15, 0.2) is 35.8 Å². The summed E-state index contributed by atoms with van der Waals surface area (Å²) in [6, 6.07) is 7.48. The van der Waals surface area contributed by atoms with Crippen molar-refractivity contribution in [1.82, 2.24) is 35.2 Å². The van der Waals surface area contributed by atoms with Gasteiger partial charge in [0.2, 0.25) is 5.91 Å². The molecular formula is C47H61N7O5S. The second-order valence-corrected chi connectivity index (χ2v) is 20.6. The number of carbonyl (C=O) groups excluding carboxylic acids is 3. The third-order valence-corrected chi connectivity index (χ3v) is 15.2. The Morgan fingerprint density at radius 1 is 1.17 bits per heavy atom. The third kappa shape index (κ3) is 7.68. The van der Waals surface area contributed by atoms with Crippen molar-refractivity contribution in [2.75, 3.05) is 40.4 Å². The lowest BCUT2D eigenvalue weighted by molar-refractivity contribution is -0.157. The number of aryl methyl sites for hydroxylation is 1. The number of pyridine rings is 1. The number of piperidine rings is 1. The van der Waals surface area contributed by atoms with Crippen molar-refractivity contribution in [1.29, 1.82) is 0 Å². The Bertz CT molecular complexity index is 2330. The van der Waals surface area contributed by atoms with E-state index in [-0.39, 0.29) is 54.2 Å². The standard InChI is InChI=1S/C47H61N7O5S/c1-9-53-38-11-10-29-17-32(38)34(42(53)33-18-30(22-48-40(33)27(3)58-8)28-12-14-52(7)15-13-28)20-46(4,5)25-59-45(57)41-35-21-47(35,6)24-54(51-41)44(56)36(19-39-49-37(29)23-60-39)50-43(55)31-16-26(31)2/h10-11,17-18,22-23,26-28,31,35-36,41,51H,9,12-16,19-21,24-25H2,1-8H3,(H,50,55)/t26-,27-,31-,35-,36-,41-,47+/m0/s1. The fraction of sp³-hybridized carbons (Fsp3) is 0.596. The van der Waals surface area contributed by atoms with Crippen molar-refractivity contribution >= 4 is 40.0 Å². The highest BCUT2D eigenvalue weighted by molar-refractivity contribution is 7.10. The molecule has 9 rings (SSSR count). The molecule has 2 saturated heterocycles. The summed E-state index contributed by atoms with van der Waals surface area (Å²) in [4.78, 5) is 54.7. The van der Waals surface area contributed by atoms with Gasteiger partial charge >= 0.3 is 5.97 Å². The number of amides is 2. The van der Waals surface area contributed by atoms with Crippen LogP contribution in [0.5, 0.6) is 0 Å². The van der Waals surface area contributed by atoms with Crippen LogP contribution >= 0.6 is 11.3 Å². The van der Waals surface area contributed by atoms with Gasteiger partial charge in [-0.15, -0.1) is 11.3 Å². The first-order valence-electron chi connectivity index (χ1n) is 22.0. The minimum atomic E-state index is -0.831. The van der Waals surface area contributed by atoms with Gasteiger partial charge < -0.3 is 24.3 Å². The smallest absolute Gasteiger partial charge is 0.325 e. The molecular weight excluding hydrogens is 775 g/mol. The number of cyclic esters (lactones) is 1. The summed E-state index contributed by atoms with van der Waals surface area (Å²) in [5.41, 5.74) is 11.1. The van der Waals surface area contributed by atoms with Crippen molar-refractivity contribution < 1.29 is 23.9 Å². The molecule has 320 valence electrons. The fourth-order valence-electron chi connectivity index (χ4n) is 10.2. The van der Waals surface area contributed by atoms with Crippen molar-refractivity contribution in [2.24, 2.45) is 28.6 Å². The third-order valence-electron chi connectivity index (χ3n) is 14.3. The number of rotatable bonds is 7. The zero-order valence-electron chi connectivity index (χ0n) is 36.5. The number of fused-ring (bicyclic) bond motifs is 8. The summed E-state index contributed by atoms with van der Waals surface area (Å²) < 4.78 is 14.7. The summed E-state index contributed by atoms with van der Waals surface area (Å²) in [6.45, 7) is 16.3. The summed E-state index contributed by atoms with van der Waals surface area (Å²) in [5, 5.41) is 8.62. The molecule has 12 nitrogen and oxygen atoms in total. The molecule has 2 aliphatic carbocycles. The first kappa shape index (κ1) is 41.2. The number of esters is 1. The fourth-order valence-corrected chi connectivity index (χ4v) is 11.1. The van der Waals surface area contributed by atoms with Crippen LogP contribution in [-0.2, 0) is 43.2 Å². The largest absolute Gasteiger partial charge is 0.464 e. The Labute approximate surface area is 357 Å². The van der Waals surface area contributed by atoms with Gasteiger partial charge in [0.05, 0.1) is 34.8 Å². The van der Waals surface area contributed by atoms with E-state index in [1.807, 2.05) is 0 Å². The van der Waals surface area contributed by atoms with Crippen LogP contribution in [-0.4, -0.2) is 94.7 Å². The van der Waals surface area contributed by atoms with E-state index in [0.29, 0.717) is 24.8 Å². The Morgan fingerprint density at radius 3 is 2.65 bits per heavy atom. The van der Waals surface area contributed by atoms with Gasteiger partial charge in [-0.1, -0.05) is 33.8 Å². The SMILES string of the molecule is CCn1c(-c2cc(C3CCN(C)CC3)cnc2[C@H](C)OC)c2c3cc(ccc31)-c1csc(n1)C[C@H](NC(=O)[C@H]1C[C@@H]1C)C(=O)N1C[C@@]3(C)C[C@H]3[C@H](N1)C(=O)OCC(C)(C)C2. The quantitative estimate of drug-likeness (QED) is 0.191. The number of carbonyl (C=O) groups is 3. The molecule has 7 atom stereocenters. The minimum absolute atomic E-state index is 0.0581. The van der Waals surface area contributed by atoms with Crippen LogP contribution in [0.3, 0.4) is 0 Å². The van der Waals surface area contributed by atoms with Crippen molar-refractivity contribution in [3.05, 3.63) is 57.7 Å². The number of hydrogen-bond acceptors (Lipinski definition) is 10. The second kappa shape index (κ2) is 15.6. The molecule has 13 heteroatoms. The number of ether oxygens (including phenoxy) is 2. The Balaban J connectivity index is 1.18. The lowest BCUT2D eigenvalue weighted by Gasteiger charge is -2.38. The van der Waals surface area contributed by atoms with Crippen molar-refractivity contribution in [3.63, 3.8) is 0 Å². The summed E-state index contributed by atoms with van der Waals surface area (Å²) in [5.74, 6) is -0.0184. The van der Waals surface area contributed by atoms with Crippen LogP contribution in [0.2, 0.25) is 0 Å². The molecule has 3 aromatic heterocycles. The molecule has 0 spiro atoms. The average molecular weight is 836 g/mol. The molecule has 3 aliphatic heterocycles. The zero-order valence-corrected chi connectivity index (χ0v) is 37.3. The lowest BCUT2D eigenvalue weighted by Crippen LogP contribution is -2.62. The maximum Gasteiger partial charge on any atom is 0.325 e. The van der Waals surface area contributed by atoms with Crippen molar-refractivity contribution in [2.45, 2.75) is 111 Å².